The van der Waals surface area contributed by atoms with E-state index < -0.39 is 0 Å². The topological polar surface area (TPSA) is 66.4 Å². The molecule has 1 aliphatic rings. The van der Waals surface area contributed by atoms with Crippen molar-refractivity contribution in [3.63, 3.8) is 0 Å². The monoisotopic (exact) mass is 402 g/mol. The van der Waals surface area contributed by atoms with E-state index in [2.05, 4.69) is 9.97 Å². The smallest absolute Gasteiger partial charge is 0.228 e. The van der Waals surface area contributed by atoms with Gasteiger partial charge in [-0.2, -0.15) is 0 Å². The Labute approximate surface area is 176 Å². The van der Waals surface area contributed by atoms with Gasteiger partial charge in [0.15, 0.2) is 0 Å². The fourth-order valence-electron chi connectivity index (χ4n) is 3.97. The summed E-state index contributed by atoms with van der Waals surface area (Å²) in [5.41, 5.74) is 4.04. The van der Waals surface area contributed by atoms with E-state index in [-0.39, 0.29) is 24.2 Å². The van der Waals surface area contributed by atoms with E-state index in [9.17, 15) is 9.59 Å². The van der Waals surface area contributed by atoms with Crippen LogP contribution in [0.2, 0.25) is 0 Å². The van der Waals surface area contributed by atoms with Crippen molar-refractivity contribution >= 4 is 22.7 Å². The summed E-state index contributed by atoms with van der Waals surface area (Å²) >= 11 is 0. The molecule has 0 radical (unpaired) electrons. The molecule has 0 aliphatic carbocycles. The lowest BCUT2D eigenvalue weighted by Crippen LogP contribution is -2.34. The maximum absolute atomic E-state index is 13.0. The highest BCUT2D eigenvalue weighted by Gasteiger charge is 2.35. The van der Waals surface area contributed by atoms with E-state index in [4.69, 9.17) is 0 Å². The third-order valence-corrected chi connectivity index (χ3v) is 5.65. The van der Waals surface area contributed by atoms with Crippen LogP contribution in [0, 0.1) is 19.8 Å². The molecule has 6 nitrogen and oxygen atoms in total. The van der Waals surface area contributed by atoms with Gasteiger partial charge in [-0.05, 0) is 25.5 Å². The van der Waals surface area contributed by atoms with Crippen LogP contribution >= 0.6 is 0 Å². The van der Waals surface area contributed by atoms with Crippen molar-refractivity contribution in [1.82, 2.24) is 19.8 Å². The molecule has 1 atom stereocenters. The van der Waals surface area contributed by atoms with Gasteiger partial charge < -0.3 is 9.80 Å². The van der Waals surface area contributed by atoms with Crippen LogP contribution in [0.1, 0.15) is 29.1 Å². The highest BCUT2D eigenvalue weighted by atomic mass is 16.2. The average molecular weight is 402 g/mol. The molecule has 1 aliphatic heterocycles. The van der Waals surface area contributed by atoms with E-state index in [1.54, 1.807) is 16.8 Å². The second-order valence-electron chi connectivity index (χ2n) is 8.10. The molecule has 0 bridgehead atoms. The summed E-state index contributed by atoms with van der Waals surface area (Å²) in [6.45, 7) is 5.31. The van der Waals surface area contributed by atoms with Crippen molar-refractivity contribution < 1.29 is 9.59 Å². The van der Waals surface area contributed by atoms with Crippen LogP contribution in [0.3, 0.4) is 0 Å². The molecule has 1 unspecified atom stereocenters. The molecule has 1 saturated heterocycles. The number of hydrogen-bond donors (Lipinski definition) is 0. The van der Waals surface area contributed by atoms with Crippen LogP contribution in [0.4, 0.5) is 0 Å². The molecule has 2 amide bonds. The Kier molecular flexibility index (Phi) is 5.48. The predicted octanol–water partition coefficient (Wildman–Crippen LogP) is 3.25. The Balaban J connectivity index is 1.41. The molecule has 0 saturated carbocycles. The quantitative estimate of drug-likeness (QED) is 0.657. The first kappa shape index (κ1) is 20.0. The van der Waals surface area contributed by atoms with Gasteiger partial charge in [-0.3, -0.25) is 9.59 Å². The Morgan fingerprint density at radius 2 is 1.83 bits per heavy atom. The Hall–Kier alpha value is -3.28. The third kappa shape index (κ3) is 4.17. The number of benzene rings is 2. The average Bonchev–Trinajstić information content (AvgIpc) is 3.09. The number of nitrogens with zero attached hydrogens (tertiary/aromatic N) is 4. The maximum Gasteiger partial charge on any atom is 0.228 e. The molecular formula is C24H26N4O2. The molecular weight excluding hydrogens is 376 g/mol. The summed E-state index contributed by atoms with van der Waals surface area (Å²) in [4.78, 5) is 38.0. The van der Waals surface area contributed by atoms with Crippen LogP contribution in [-0.4, -0.2) is 45.2 Å². The zero-order valence-corrected chi connectivity index (χ0v) is 17.6. The van der Waals surface area contributed by atoms with Crippen LogP contribution in [-0.2, 0) is 22.7 Å². The number of carbonyl (C=O) groups excluding carboxylic acids is 2. The molecule has 2 aromatic carbocycles. The molecule has 4 rings (SSSR count). The summed E-state index contributed by atoms with van der Waals surface area (Å²) < 4.78 is 0. The summed E-state index contributed by atoms with van der Waals surface area (Å²) in [5.74, 6) is 0.279. The van der Waals surface area contributed by atoms with Crippen LogP contribution in [0.25, 0.3) is 10.9 Å². The van der Waals surface area contributed by atoms with Gasteiger partial charge in [0.1, 0.15) is 5.82 Å². The number of fused-ring (bicyclic) bond motifs is 1. The minimum atomic E-state index is -0.325. The highest BCUT2D eigenvalue weighted by molar-refractivity contribution is 5.89. The largest absolute Gasteiger partial charge is 0.338 e. The molecule has 6 heteroatoms. The highest BCUT2D eigenvalue weighted by Crippen LogP contribution is 2.23. The van der Waals surface area contributed by atoms with Crippen molar-refractivity contribution in [3.05, 3.63) is 71.2 Å². The van der Waals surface area contributed by atoms with Crippen molar-refractivity contribution in [3.8, 4) is 0 Å². The Morgan fingerprint density at radius 1 is 1.10 bits per heavy atom. The lowest BCUT2D eigenvalue weighted by atomic mass is 10.1. The van der Waals surface area contributed by atoms with Gasteiger partial charge in [0.2, 0.25) is 11.8 Å². The van der Waals surface area contributed by atoms with Crippen molar-refractivity contribution in [2.45, 2.75) is 33.4 Å². The molecule has 30 heavy (non-hydrogen) atoms. The van der Waals surface area contributed by atoms with Gasteiger partial charge in [0.25, 0.3) is 0 Å². The van der Waals surface area contributed by atoms with Gasteiger partial charge in [-0.25, -0.2) is 9.97 Å². The minimum absolute atomic E-state index is 0.0279. The molecule has 3 aromatic rings. The predicted molar refractivity (Wildman–Crippen MR) is 115 cm³/mol. The second kappa shape index (κ2) is 8.22. The number of likely N-dealkylation sites (tertiary alicyclic amines) is 1. The van der Waals surface area contributed by atoms with Gasteiger partial charge in [0.05, 0.1) is 18.0 Å². The van der Waals surface area contributed by atoms with Crippen LogP contribution < -0.4 is 0 Å². The van der Waals surface area contributed by atoms with E-state index in [1.165, 1.54) is 5.56 Å². The molecule has 0 N–H and O–H groups in total. The second-order valence-corrected chi connectivity index (χ2v) is 8.10. The third-order valence-electron chi connectivity index (χ3n) is 5.65. The summed E-state index contributed by atoms with van der Waals surface area (Å²) in [6, 6.07) is 16.0. The fraction of sp³-hybridized carbons (Fsp3) is 0.333. The van der Waals surface area contributed by atoms with Gasteiger partial charge in [0, 0.05) is 37.6 Å². The van der Waals surface area contributed by atoms with E-state index in [0.717, 1.165) is 22.2 Å². The van der Waals surface area contributed by atoms with E-state index in [1.807, 2.05) is 62.4 Å². The summed E-state index contributed by atoms with van der Waals surface area (Å²) in [6.07, 6.45) is 0.257. The van der Waals surface area contributed by atoms with Crippen LogP contribution in [0.15, 0.2) is 48.5 Å². The first-order valence-electron chi connectivity index (χ1n) is 10.2. The number of carbonyl (C=O) groups is 2. The first-order valence-corrected chi connectivity index (χ1v) is 10.2. The van der Waals surface area contributed by atoms with Gasteiger partial charge in [-0.15, -0.1) is 0 Å². The number of aromatic nitrogens is 2. The Morgan fingerprint density at radius 3 is 2.60 bits per heavy atom. The number of hydrogen-bond acceptors (Lipinski definition) is 4. The number of amides is 2. The van der Waals surface area contributed by atoms with Crippen molar-refractivity contribution in [2.24, 2.45) is 5.92 Å². The molecule has 0 spiro atoms. The summed E-state index contributed by atoms with van der Waals surface area (Å²) in [7, 11) is 1.75. The normalized spacial score (nSPS) is 16.3. The van der Waals surface area contributed by atoms with Crippen LogP contribution in [0.5, 0.6) is 0 Å². The van der Waals surface area contributed by atoms with Crippen molar-refractivity contribution in [2.75, 3.05) is 13.6 Å². The first-order chi connectivity index (χ1) is 14.4. The molecule has 2 heterocycles. The molecule has 1 aromatic heterocycles. The van der Waals surface area contributed by atoms with Gasteiger partial charge >= 0.3 is 0 Å². The number of aryl methyl sites for hydroxylation is 2. The van der Waals surface area contributed by atoms with E-state index in [0.29, 0.717) is 25.5 Å². The van der Waals surface area contributed by atoms with Crippen molar-refractivity contribution in [1.29, 1.82) is 0 Å². The van der Waals surface area contributed by atoms with Gasteiger partial charge in [-0.1, -0.05) is 48.0 Å². The standard InChI is InChI=1S/C24H26N4O2/c1-16-8-10-18(11-9-16)13-28-14-19(12-23(28)29)24(30)27(3)15-22-25-17(2)20-6-4-5-7-21(20)26-22/h4-11,19H,12-15H2,1-3H3. The zero-order valence-electron chi connectivity index (χ0n) is 17.6. The Bertz CT molecular complexity index is 1090. The fourth-order valence-corrected chi connectivity index (χ4v) is 3.97. The number of para-hydroxylation sites is 1. The SMILES string of the molecule is Cc1ccc(CN2CC(C(=O)N(C)Cc3nc(C)c4ccccc4n3)CC2=O)cc1. The zero-order chi connectivity index (χ0) is 21.3. The lowest BCUT2D eigenvalue weighted by molar-refractivity contribution is -0.135. The number of rotatable bonds is 5. The molecule has 1 fully saturated rings. The molecule has 154 valence electrons. The minimum Gasteiger partial charge on any atom is -0.338 e. The van der Waals surface area contributed by atoms with E-state index >= 15 is 0 Å². The lowest BCUT2D eigenvalue weighted by Gasteiger charge is -2.21. The maximum atomic E-state index is 13.0. The summed E-state index contributed by atoms with van der Waals surface area (Å²) in [5, 5.41) is 1.02.